The van der Waals surface area contributed by atoms with Gasteiger partial charge in [-0.05, 0) is 36.6 Å². The first-order chi connectivity index (χ1) is 10.8. The Bertz CT molecular complexity index is 573. The summed E-state index contributed by atoms with van der Waals surface area (Å²) >= 11 is 0. The standard InChI is InChI=1S/C17H24N4O2/c1-12(2)11-15(17(23)19-10-9-18)20-16(22)13-5-7-14(8-6-13)21(3)4/h5-8,12,15H,10-11H2,1-4H3,(H,19,23)(H,20,22). The van der Waals surface area contributed by atoms with Crippen LogP contribution in [0.1, 0.15) is 30.6 Å². The minimum Gasteiger partial charge on any atom is -0.378 e. The Kier molecular flexibility index (Phi) is 7.07. The third-order valence-electron chi connectivity index (χ3n) is 3.32. The summed E-state index contributed by atoms with van der Waals surface area (Å²) in [6.45, 7) is 3.88. The average Bonchev–Trinajstić information content (AvgIpc) is 2.51. The SMILES string of the molecule is CC(C)CC(NC(=O)c1ccc(N(C)C)cc1)C(=O)NCC#N. The van der Waals surface area contributed by atoms with E-state index in [2.05, 4.69) is 10.6 Å². The molecule has 0 heterocycles. The van der Waals surface area contributed by atoms with E-state index in [0.29, 0.717) is 12.0 Å². The molecule has 6 nitrogen and oxygen atoms in total. The summed E-state index contributed by atoms with van der Waals surface area (Å²) in [4.78, 5) is 26.3. The summed E-state index contributed by atoms with van der Waals surface area (Å²) in [5.74, 6) is -0.393. The lowest BCUT2D eigenvalue weighted by molar-refractivity contribution is -0.123. The summed E-state index contributed by atoms with van der Waals surface area (Å²) < 4.78 is 0. The largest absolute Gasteiger partial charge is 0.378 e. The van der Waals surface area contributed by atoms with Crippen molar-refractivity contribution >= 4 is 17.5 Å². The van der Waals surface area contributed by atoms with Gasteiger partial charge in [0, 0.05) is 25.3 Å². The number of nitriles is 1. The highest BCUT2D eigenvalue weighted by atomic mass is 16.2. The van der Waals surface area contributed by atoms with E-state index < -0.39 is 6.04 Å². The Hall–Kier alpha value is -2.55. The first kappa shape index (κ1) is 18.5. The van der Waals surface area contributed by atoms with Crippen molar-refractivity contribution in [2.24, 2.45) is 5.92 Å². The molecule has 1 rings (SSSR count). The van der Waals surface area contributed by atoms with Gasteiger partial charge in [-0.2, -0.15) is 5.26 Å². The van der Waals surface area contributed by atoms with Gasteiger partial charge < -0.3 is 15.5 Å². The van der Waals surface area contributed by atoms with Gasteiger partial charge in [-0.25, -0.2) is 0 Å². The highest BCUT2D eigenvalue weighted by Gasteiger charge is 2.22. The molecule has 0 aliphatic heterocycles. The maximum absolute atomic E-state index is 12.3. The number of nitrogens with one attached hydrogen (secondary N) is 2. The van der Waals surface area contributed by atoms with Gasteiger partial charge in [0.2, 0.25) is 5.91 Å². The zero-order valence-electron chi connectivity index (χ0n) is 14.1. The first-order valence-corrected chi connectivity index (χ1v) is 7.58. The molecule has 1 aromatic carbocycles. The molecule has 0 saturated carbocycles. The number of amides is 2. The Morgan fingerprint density at radius 1 is 1.22 bits per heavy atom. The molecule has 2 amide bonds. The molecular formula is C17H24N4O2. The van der Waals surface area contributed by atoms with E-state index in [9.17, 15) is 9.59 Å². The van der Waals surface area contributed by atoms with E-state index in [4.69, 9.17) is 5.26 Å². The zero-order valence-corrected chi connectivity index (χ0v) is 14.1. The molecule has 0 aromatic heterocycles. The summed E-state index contributed by atoms with van der Waals surface area (Å²) in [5, 5.41) is 13.8. The maximum atomic E-state index is 12.3. The highest BCUT2D eigenvalue weighted by Crippen LogP contribution is 2.13. The second kappa shape index (κ2) is 8.79. The molecule has 1 aromatic rings. The van der Waals surface area contributed by atoms with E-state index in [1.165, 1.54) is 0 Å². The van der Waals surface area contributed by atoms with E-state index in [0.717, 1.165) is 5.69 Å². The zero-order chi connectivity index (χ0) is 17.4. The van der Waals surface area contributed by atoms with E-state index in [1.807, 2.05) is 51.0 Å². The van der Waals surface area contributed by atoms with E-state index in [-0.39, 0.29) is 24.3 Å². The first-order valence-electron chi connectivity index (χ1n) is 7.58. The predicted octanol–water partition coefficient (Wildman–Crippen LogP) is 1.54. The molecule has 23 heavy (non-hydrogen) atoms. The van der Waals surface area contributed by atoms with Gasteiger partial charge in [-0.15, -0.1) is 0 Å². The smallest absolute Gasteiger partial charge is 0.251 e. The van der Waals surface area contributed by atoms with Crippen molar-refractivity contribution in [2.45, 2.75) is 26.3 Å². The molecule has 6 heteroatoms. The van der Waals surface area contributed by atoms with Crippen molar-refractivity contribution in [2.75, 3.05) is 25.5 Å². The Balaban J connectivity index is 2.79. The molecule has 0 spiro atoms. The maximum Gasteiger partial charge on any atom is 0.251 e. The average molecular weight is 316 g/mol. The number of benzene rings is 1. The van der Waals surface area contributed by atoms with Crippen LogP contribution in [-0.2, 0) is 4.79 Å². The third kappa shape index (κ3) is 5.99. The third-order valence-corrected chi connectivity index (χ3v) is 3.32. The van der Waals surface area contributed by atoms with Crippen molar-refractivity contribution in [3.63, 3.8) is 0 Å². The monoisotopic (exact) mass is 316 g/mol. The fourth-order valence-corrected chi connectivity index (χ4v) is 2.11. The van der Waals surface area contributed by atoms with Crippen LogP contribution in [0.25, 0.3) is 0 Å². The predicted molar refractivity (Wildman–Crippen MR) is 90.1 cm³/mol. The van der Waals surface area contributed by atoms with Gasteiger partial charge in [-0.3, -0.25) is 9.59 Å². The van der Waals surface area contributed by atoms with Gasteiger partial charge in [0.1, 0.15) is 12.6 Å². The van der Waals surface area contributed by atoms with Crippen LogP contribution in [0.3, 0.4) is 0 Å². The topological polar surface area (TPSA) is 85.2 Å². The fraction of sp³-hybridized carbons (Fsp3) is 0.471. The van der Waals surface area contributed by atoms with Crippen molar-refractivity contribution < 1.29 is 9.59 Å². The lowest BCUT2D eigenvalue weighted by Crippen LogP contribution is -2.47. The summed E-state index contributed by atoms with van der Waals surface area (Å²) in [6, 6.07) is 8.36. The van der Waals surface area contributed by atoms with Crippen LogP contribution in [0.5, 0.6) is 0 Å². The van der Waals surface area contributed by atoms with Crippen molar-refractivity contribution in [1.29, 1.82) is 5.26 Å². The van der Waals surface area contributed by atoms with Gasteiger partial charge in [0.05, 0.1) is 6.07 Å². The van der Waals surface area contributed by atoms with Crippen LogP contribution in [0.4, 0.5) is 5.69 Å². The number of hydrogen-bond acceptors (Lipinski definition) is 4. The Morgan fingerprint density at radius 2 is 1.83 bits per heavy atom. The number of carbonyl (C=O) groups is 2. The summed E-state index contributed by atoms with van der Waals surface area (Å²) in [6.07, 6.45) is 0.513. The Morgan fingerprint density at radius 3 is 2.30 bits per heavy atom. The van der Waals surface area contributed by atoms with Gasteiger partial charge in [-0.1, -0.05) is 13.8 Å². The number of nitrogens with zero attached hydrogens (tertiary/aromatic N) is 2. The summed E-state index contributed by atoms with van der Waals surface area (Å²) in [5.41, 5.74) is 1.49. The van der Waals surface area contributed by atoms with Gasteiger partial charge in [0.15, 0.2) is 0 Å². The molecule has 0 aliphatic rings. The van der Waals surface area contributed by atoms with E-state index in [1.54, 1.807) is 12.1 Å². The van der Waals surface area contributed by atoms with Crippen LogP contribution in [-0.4, -0.2) is 38.5 Å². The minimum atomic E-state index is -0.649. The van der Waals surface area contributed by atoms with Crippen LogP contribution < -0.4 is 15.5 Å². The van der Waals surface area contributed by atoms with Crippen LogP contribution >= 0.6 is 0 Å². The number of carbonyl (C=O) groups excluding carboxylic acids is 2. The highest BCUT2D eigenvalue weighted by molar-refractivity contribution is 5.97. The molecule has 1 atom stereocenters. The molecule has 0 bridgehead atoms. The van der Waals surface area contributed by atoms with Crippen molar-refractivity contribution in [3.8, 4) is 6.07 Å². The second-order valence-corrected chi connectivity index (χ2v) is 5.97. The van der Waals surface area contributed by atoms with Crippen LogP contribution in [0.15, 0.2) is 24.3 Å². The molecule has 1 unspecified atom stereocenters. The number of anilines is 1. The number of hydrogen-bond donors (Lipinski definition) is 2. The van der Waals surface area contributed by atoms with Crippen LogP contribution in [0, 0.1) is 17.2 Å². The lowest BCUT2D eigenvalue weighted by Gasteiger charge is -2.20. The molecule has 0 fully saturated rings. The molecule has 2 N–H and O–H groups in total. The van der Waals surface area contributed by atoms with Crippen LogP contribution in [0.2, 0.25) is 0 Å². The normalized spacial score (nSPS) is 11.5. The minimum absolute atomic E-state index is 0.0686. The van der Waals surface area contributed by atoms with E-state index >= 15 is 0 Å². The Labute approximate surface area is 137 Å². The fourth-order valence-electron chi connectivity index (χ4n) is 2.11. The number of rotatable bonds is 7. The molecule has 0 aliphatic carbocycles. The molecule has 0 radical (unpaired) electrons. The van der Waals surface area contributed by atoms with Gasteiger partial charge >= 0.3 is 0 Å². The molecule has 124 valence electrons. The quantitative estimate of drug-likeness (QED) is 0.747. The van der Waals surface area contributed by atoms with Gasteiger partial charge in [0.25, 0.3) is 5.91 Å². The molecular weight excluding hydrogens is 292 g/mol. The summed E-state index contributed by atoms with van der Waals surface area (Å²) in [7, 11) is 3.85. The second-order valence-electron chi connectivity index (χ2n) is 5.97. The van der Waals surface area contributed by atoms with Crippen molar-refractivity contribution in [3.05, 3.63) is 29.8 Å². The van der Waals surface area contributed by atoms with Crippen molar-refractivity contribution in [1.82, 2.24) is 10.6 Å². The molecule has 0 saturated heterocycles. The lowest BCUT2D eigenvalue weighted by atomic mass is 10.0.